The zero-order chi connectivity index (χ0) is 12.2. The van der Waals surface area contributed by atoms with Gasteiger partial charge in [-0.05, 0) is 26.2 Å². The molecule has 1 heterocycles. The molecule has 0 aromatic carbocycles. The van der Waals surface area contributed by atoms with Crippen molar-refractivity contribution in [3.05, 3.63) is 0 Å². The quantitative estimate of drug-likeness (QED) is 0.762. The molecule has 1 saturated heterocycles. The first-order chi connectivity index (χ1) is 7.42. The Kier molecular flexibility index (Phi) is 5.21. The van der Waals surface area contributed by atoms with E-state index in [-0.39, 0.29) is 23.9 Å². The van der Waals surface area contributed by atoms with Crippen LogP contribution in [-0.2, 0) is 14.6 Å². The van der Waals surface area contributed by atoms with Gasteiger partial charge in [-0.25, -0.2) is 8.42 Å². The zero-order valence-electron chi connectivity index (χ0n) is 10.4. The Labute approximate surface area is 98.7 Å². The van der Waals surface area contributed by atoms with E-state index in [0.29, 0.717) is 0 Å². The minimum atomic E-state index is -2.90. The predicted molar refractivity (Wildman–Crippen MR) is 65.4 cm³/mol. The lowest BCUT2D eigenvalue weighted by Crippen LogP contribution is -2.46. The summed E-state index contributed by atoms with van der Waals surface area (Å²) < 4.78 is 27.9. The second kappa shape index (κ2) is 5.98. The number of hydrogen-bond acceptors (Lipinski definition) is 4. The molecule has 0 spiro atoms. The molecule has 3 unspecified atom stereocenters. The van der Waals surface area contributed by atoms with Crippen LogP contribution < -0.4 is 5.32 Å². The maximum Gasteiger partial charge on any atom is 0.148 e. The maximum atomic E-state index is 11.2. The van der Waals surface area contributed by atoms with E-state index < -0.39 is 9.84 Å². The highest BCUT2D eigenvalue weighted by Crippen LogP contribution is 2.18. The van der Waals surface area contributed by atoms with E-state index in [0.717, 1.165) is 25.9 Å². The average Bonchev–Trinajstić information content (AvgIpc) is 2.63. The van der Waals surface area contributed by atoms with E-state index in [1.54, 1.807) is 0 Å². The van der Waals surface area contributed by atoms with Gasteiger partial charge in [0.25, 0.3) is 0 Å². The zero-order valence-corrected chi connectivity index (χ0v) is 11.2. The van der Waals surface area contributed by atoms with E-state index in [2.05, 4.69) is 12.2 Å². The second-order valence-corrected chi connectivity index (χ2v) is 6.91. The van der Waals surface area contributed by atoms with Gasteiger partial charge in [0.05, 0.1) is 11.9 Å². The van der Waals surface area contributed by atoms with Gasteiger partial charge in [-0.3, -0.25) is 0 Å². The van der Waals surface area contributed by atoms with Crippen LogP contribution >= 0.6 is 0 Å². The van der Waals surface area contributed by atoms with Gasteiger partial charge in [0.15, 0.2) is 0 Å². The highest BCUT2D eigenvalue weighted by atomic mass is 32.2. The monoisotopic (exact) mass is 249 g/mol. The third kappa shape index (κ3) is 4.80. The first-order valence-corrected chi connectivity index (χ1v) is 8.04. The molecular weight excluding hydrogens is 226 g/mol. The molecule has 1 aliphatic rings. The molecule has 0 aliphatic carbocycles. The molecule has 5 heteroatoms. The van der Waals surface area contributed by atoms with Crippen LogP contribution in [0.2, 0.25) is 0 Å². The van der Waals surface area contributed by atoms with E-state index in [1.807, 2.05) is 6.92 Å². The predicted octanol–water partition coefficient (Wildman–Crippen LogP) is 0.967. The summed E-state index contributed by atoms with van der Waals surface area (Å²) in [5.74, 6) is 0.191. The van der Waals surface area contributed by atoms with Crippen LogP contribution in [0.5, 0.6) is 0 Å². The number of rotatable bonds is 6. The molecule has 4 nitrogen and oxygen atoms in total. The average molecular weight is 249 g/mol. The van der Waals surface area contributed by atoms with Crippen molar-refractivity contribution in [1.82, 2.24) is 5.32 Å². The normalized spacial score (nSPS) is 25.6. The molecule has 3 atom stereocenters. The number of hydrogen-bond donors (Lipinski definition) is 1. The fourth-order valence-electron chi connectivity index (χ4n) is 2.28. The molecule has 1 rings (SSSR count). The Hall–Kier alpha value is -0.130. The lowest BCUT2D eigenvalue weighted by molar-refractivity contribution is 0.0744. The summed E-state index contributed by atoms with van der Waals surface area (Å²) >= 11 is 0. The lowest BCUT2D eigenvalue weighted by Gasteiger charge is -2.26. The molecular formula is C11H23NO3S. The van der Waals surface area contributed by atoms with Crippen LogP contribution in [0.1, 0.15) is 33.1 Å². The van der Waals surface area contributed by atoms with Crippen molar-refractivity contribution in [3.8, 4) is 0 Å². The molecule has 1 fully saturated rings. The minimum absolute atomic E-state index is 0.0100. The van der Waals surface area contributed by atoms with Crippen LogP contribution in [0.4, 0.5) is 0 Å². The van der Waals surface area contributed by atoms with Crippen LogP contribution in [0.3, 0.4) is 0 Å². The van der Waals surface area contributed by atoms with Gasteiger partial charge < -0.3 is 10.1 Å². The van der Waals surface area contributed by atoms with Crippen LogP contribution in [-0.4, -0.2) is 45.2 Å². The number of ether oxygens (including phenoxy) is 1. The third-order valence-electron chi connectivity index (χ3n) is 2.90. The van der Waals surface area contributed by atoms with Crippen LogP contribution in [0.15, 0.2) is 0 Å². The Bertz CT molecular complexity index is 296. The molecule has 1 N–H and O–H groups in total. The summed E-state index contributed by atoms with van der Waals surface area (Å²) in [4.78, 5) is 0. The van der Waals surface area contributed by atoms with Crippen molar-refractivity contribution in [2.45, 2.75) is 51.3 Å². The summed E-state index contributed by atoms with van der Waals surface area (Å²) in [5, 5.41) is 3.36. The van der Waals surface area contributed by atoms with Crippen molar-refractivity contribution in [2.24, 2.45) is 0 Å². The van der Waals surface area contributed by atoms with Crippen molar-refractivity contribution in [3.63, 3.8) is 0 Å². The lowest BCUT2D eigenvalue weighted by atomic mass is 10.0. The van der Waals surface area contributed by atoms with E-state index in [9.17, 15) is 8.42 Å². The van der Waals surface area contributed by atoms with Crippen molar-refractivity contribution >= 4 is 9.84 Å². The summed E-state index contributed by atoms with van der Waals surface area (Å²) in [6, 6.07) is 0.267. The smallest absolute Gasteiger partial charge is 0.148 e. The molecule has 16 heavy (non-hydrogen) atoms. The molecule has 0 radical (unpaired) electrons. The van der Waals surface area contributed by atoms with Gasteiger partial charge in [-0.2, -0.15) is 0 Å². The van der Waals surface area contributed by atoms with Crippen molar-refractivity contribution in [1.29, 1.82) is 0 Å². The summed E-state index contributed by atoms with van der Waals surface area (Å²) in [7, 11) is -2.90. The van der Waals surface area contributed by atoms with Gasteiger partial charge in [-0.1, -0.05) is 6.92 Å². The van der Waals surface area contributed by atoms with Gasteiger partial charge in [0.2, 0.25) is 0 Å². The molecule has 0 saturated carbocycles. The summed E-state index contributed by atoms with van der Waals surface area (Å²) in [5.41, 5.74) is 0. The second-order valence-electron chi connectivity index (χ2n) is 4.73. The maximum absolute atomic E-state index is 11.2. The van der Waals surface area contributed by atoms with Gasteiger partial charge >= 0.3 is 0 Å². The first-order valence-electron chi connectivity index (χ1n) is 5.97. The third-order valence-corrected chi connectivity index (χ3v) is 4.01. The summed E-state index contributed by atoms with van der Waals surface area (Å²) in [6.07, 6.45) is 4.70. The van der Waals surface area contributed by atoms with E-state index in [4.69, 9.17) is 4.74 Å². The molecule has 0 aromatic rings. The Morgan fingerprint density at radius 1 is 1.50 bits per heavy atom. The molecule has 0 bridgehead atoms. The first kappa shape index (κ1) is 13.9. The van der Waals surface area contributed by atoms with Crippen LogP contribution in [0, 0.1) is 0 Å². The molecule has 0 aromatic heterocycles. The minimum Gasteiger partial charge on any atom is -0.377 e. The molecule has 1 aliphatic heterocycles. The van der Waals surface area contributed by atoms with Gasteiger partial charge in [-0.15, -0.1) is 0 Å². The molecule has 0 amide bonds. The fourth-order valence-corrected chi connectivity index (χ4v) is 3.28. The van der Waals surface area contributed by atoms with Crippen LogP contribution in [0.25, 0.3) is 0 Å². The SMILES string of the molecule is CCC(NC(C)CS(C)(=O)=O)C1CCCO1. The number of sulfone groups is 1. The van der Waals surface area contributed by atoms with Gasteiger partial charge in [0.1, 0.15) is 9.84 Å². The Balaban J connectivity index is 2.43. The van der Waals surface area contributed by atoms with E-state index in [1.165, 1.54) is 6.26 Å². The standard InChI is InChI=1S/C11H23NO3S/c1-4-10(11-6-5-7-15-11)12-9(2)8-16(3,13)14/h9-12H,4-8H2,1-3H3. The van der Waals surface area contributed by atoms with Crippen molar-refractivity contribution < 1.29 is 13.2 Å². The summed E-state index contributed by atoms with van der Waals surface area (Å²) in [6.45, 7) is 4.86. The molecule has 96 valence electrons. The topological polar surface area (TPSA) is 55.4 Å². The Morgan fingerprint density at radius 2 is 2.19 bits per heavy atom. The fraction of sp³-hybridized carbons (Fsp3) is 1.00. The largest absolute Gasteiger partial charge is 0.377 e. The highest BCUT2D eigenvalue weighted by molar-refractivity contribution is 7.90. The van der Waals surface area contributed by atoms with Crippen molar-refractivity contribution in [2.75, 3.05) is 18.6 Å². The number of nitrogens with one attached hydrogen (secondary N) is 1. The van der Waals surface area contributed by atoms with E-state index >= 15 is 0 Å². The Morgan fingerprint density at radius 3 is 2.62 bits per heavy atom. The highest BCUT2D eigenvalue weighted by Gasteiger charge is 2.26. The van der Waals surface area contributed by atoms with Gasteiger partial charge in [0, 0.05) is 24.9 Å².